The molecule has 1 N–H and O–H groups in total. The molecular weight excluding hydrogens is 224 g/mol. The van der Waals surface area contributed by atoms with Crippen LogP contribution in [-0.2, 0) is 0 Å². The average molecular weight is 238 g/mol. The Morgan fingerprint density at radius 3 is 2.56 bits per heavy atom. The summed E-state index contributed by atoms with van der Waals surface area (Å²) in [5.41, 5.74) is 0.613. The first-order chi connectivity index (χ1) is 7.55. The lowest BCUT2D eigenvalue weighted by Gasteiger charge is -2.19. The molecule has 86 valence electrons. The second-order valence-corrected chi connectivity index (χ2v) is 5.41. The maximum absolute atomic E-state index is 11.7. The van der Waals surface area contributed by atoms with Crippen LogP contribution in [0.15, 0.2) is 34.9 Å². The van der Waals surface area contributed by atoms with E-state index < -0.39 is 0 Å². The predicted octanol–water partition coefficient (Wildman–Crippen LogP) is 2.61. The van der Waals surface area contributed by atoms with Crippen LogP contribution >= 0.6 is 11.9 Å². The van der Waals surface area contributed by atoms with Gasteiger partial charge in [0.25, 0.3) is 5.91 Å². The maximum atomic E-state index is 11.7. The minimum absolute atomic E-state index is 0.139. The number of nitrogens with one attached hydrogen (secondary N) is 1. The number of rotatable bonds is 5. The summed E-state index contributed by atoms with van der Waals surface area (Å²) in [5.74, 6) is -0.139. The van der Waals surface area contributed by atoms with E-state index in [1.54, 1.807) is 12.1 Å². The van der Waals surface area contributed by atoms with Gasteiger partial charge in [-0.25, -0.2) is 0 Å². The smallest absolute Gasteiger partial charge is 0.251 e. The third-order valence-corrected chi connectivity index (χ3v) is 2.71. The topological polar surface area (TPSA) is 58.5 Å². The fourth-order valence-electron chi connectivity index (χ4n) is 1.12. The van der Waals surface area contributed by atoms with E-state index in [0.717, 1.165) is 11.9 Å². The third kappa shape index (κ3) is 4.02. The number of nitroso groups, excluding NO2 is 1. The van der Waals surface area contributed by atoms with Crippen LogP contribution in [-0.4, -0.2) is 17.2 Å². The number of nitrogens with zero attached hydrogens (tertiary/aromatic N) is 1. The first-order valence-corrected chi connectivity index (χ1v) is 5.66. The molecule has 0 bridgehead atoms. The van der Waals surface area contributed by atoms with Gasteiger partial charge in [-0.3, -0.25) is 4.79 Å². The molecule has 0 saturated heterocycles. The van der Waals surface area contributed by atoms with Gasteiger partial charge >= 0.3 is 0 Å². The number of carbonyl (C=O) groups excluding carboxylic acids is 1. The fraction of sp³-hybridized carbons (Fsp3) is 0.364. The molecule has 0 unspecified atom stereocenters. The molecule has 0 spiro atoms. The zero-order valence-corrected chi connectivity index (χ0v) is 10.1. The highest BCUT2D eigenvalue weighted by atomic mass is 32.2. The first-order valence-electron chi connectivity index (χ1n) is 4.89. The zero-order chi connectivity index (χ0) is 12.0. The molecule has 0 heterocycles. The van der Waals surface area contributed by atoms with Crippen LogP contribution in [0.4, 0.5) is 0 Å². The Morgan fingerprint density at radius 2 is 2.00 bits per heavy atom. The molecule has 0 aliphatic heterocycles. The van der Waals surface area contributed by atoms with Gasteiger partial charge in [0.15, 0.2) is 0 Å². The first kappa shape index (κ1) is 12.7. The van der Waals surface area contributed by atoms with Crippen LogP contribution in [0.1, 0.15) is 24.2 Å². The van der Waals surface area contributed by atoms with Crippen molar-refractivity contribution in [1.29, 1.82) is 0 Å². The van der Waals surface area contributed by atoms with Crippen LogP contribution in [0.2, 0.25) is 0 Å². The molecular formula is C11H14N2O2S. The zero-order valence-electron chi connectivity index (χ0n) is 9.27. The van der Waals surface area contributed by atoms with Crippen molar-refractivity contribution in [3.05, 3.63) is 40.8 Å². The molecule has 0 aliphatic carbocycles. The van der Waals surface area contributed by atoms with Gasteiger partial charge in [0.2, 0.25) is 0 Å². The summed E-state index contributed by atoms with van der Waals surface area (Å²) in [4.78, 5) is 21.8. The van der Waals surface area contributed by atoms with Crippen molar-refractivity contribution < 1.29 is 4.79 Å². The van der Waals surface area contributed by atoms with Crippen molar-refractivity contribution in [2.45, 2.75) is 18.6 Å². The molecule has 1 aromatic rings. The van der Waals surface area contributed by atoms with Gasteiger partial charge in [-0.2, -0.15) is 0 Å². The number of benzene rings is 1. The van der Waals surface area contributed by atoms with E-state index in [1.165, 1.54) is 0 Å². The fourth-order valence-corrected chi connectivity index (χ4v) is 1.46. The van der Waals surface area contributed by atoms with Crippen molar-refractivity contribution in [3.63, 3.8) is 0 Å². The highest BCUT2D eigenvalue weighted by Crippen LogP contribution is 2.23. The molecule has 0 aromatic heterocycles. The molecule has 1 rings (SSSR count). The third-order valence-electron chi connectivity index (χ3n) is 2.00. The quantitative estimate of drug-likeness (QED) is 0.633. The summed E-state index contributed by atoms with van der Waals surface area (Å²) in [6, 6.07) is 8.96. The molecule has 5 heteroatoms. The van der Waals surface area contributed by atoms with Gasteiger partial charge in [0, 0.05) is 28.6 Å². The molecule has 0 aliphatic rings. The maximum Gasteiger partial charge on any atom is 0.251 e. The van der Waals surface area contributed by atoms with E-state index >= 15 is 0 Å². The van der Waals surface area contributed by atoms with Crippen LogP contribution < -0.4 is 5.32 Å². The minimum atomic E-state index is -0.383. The predicted molar refractivity (Wildman–Crippen MR) is 66.2 cm³/mol. The van der Waals surface area contributed by atoms with Crippen molar-refractivity contribution in [3.8, 4) is 0 Å². The molecule has 1 amide bonds. The van der Waals surface area contributed by atoms with Gasteiger partial charge in [-0.15, -0.1) is 4.91 Å². The van der Waals surface area contributed by atoms with Gasteiger partial charge in [0.1, 0.15) is 0 Å². The Kier molecular flexibility index (Phi) is 4.49. The summed E-state index contributed by atoms with van der Waals surface area (Å²) in [5, 5.41) is 2.77. The molecule has 0 radical (unpaired) electrons. The summed E-state index contributed by atoms with van der Waals surface area (Å²) in [6.07, 6.45) is 0. The normalized spacial score (nSPS) is 10.9. The van der Waals surface area contributed by atoms with Crippen molar-refractivity contribution >= 4 is 17.9 Å². The number of hydrogen-bond donors (Lipinski definition) is 1. The second kappa shape index (κ2) is 5.65. The average Bonchev–Trinajstić information content (AvgIpc) is 2.27. The Hall–Kier alpha value is -1.36. The molecule has 0 atom stereocenters. The van der Waals surface area contributed by atoms with E-state index in [0.29, 0.717) is 12.1 Å². The van der Waals surface area contributed by atoms with E-state index in [9.17, 15) is 9.70 Å². The van der Waals surface area contributed by atoms with E-state index in [-0.39, 0.29) is 10.7 Å². The largest absolute Gasteiger partial charge is 0.351 e. The van der Waals surface area contributed by atoms with Crippen LogP contribution in [0.5, 0.6) is 0 Å². The molecule has 1 aromatic carbocycles. The van der Waals surface area contributed by atoms with E-state index in [4.69, 9.17) is 0 Å². The number of amides is 1. The van der Waals surface area contributed by atoms with Crippen LogP contribution in [0.25, 0.3) is 0 Å². The van der Waals surface area contributed by atoms with Crippen molar-refractivity contribution in [2.75, 3.05) is 6.54 Å². The molecule has 4 nitrogen and oxygen atoms in total. The minimum Gasteiger partial charge on any atom is -0.351 e. The Balaban J connectivity index is 2.50. The highest BCUT2D eigenvalue weighted by molar-refractivity contribution is 7.99. The van der Waals surface area contributed by atoms with Crippen molar-refractivity contribution in [2.24, 2.45) is 4.58 Å². The summed E-state index contributed by atoms with van der Waals surface area (Å²) in [6.45, 7) is 4.10. The number of carbonyl (C=O) groups is 1. The monoisotopic (exact) mass is 238 g/mol. The van der Waals surface area contributed by atoms with Gasteiger partial charge in [0.05, 0.1) is 4.75 Å². The lowest BCUT2D eigenvalue weighted by Crippen LogP contribution is -2.35. The molecule has 0 fully saturated rings. The van der Waals surface area contributed by atoms with E-state index in [2.05, 4.69) is 9.90 Å². The van der Waals surface area contributed by atoms with Gasteiger partial charge in [-0.1, -0.05) is 18.2 Å². The standard InChI is InChI=1S/C11H14N2O2S/c1-11(2,16-13-15)8-12-10(14)9-6-4-3-5-7-9/h3-7H,8H2,1-2H3,(H,12,14). The van der Waals surface area contributed by atoms with E-state index in [1.807, 2.05) is 32.0 Å². The highest BCUT2D eigenvalue weighted by Gasteiger charge is 2.20. The second-order valence-electron chi connectivity index (χ2n) is 3.97. The Morgan fingerprint density at radius 1 is 1.38 bits per heavy atom. The summed E-state index contributed by atoms with van der Waals surface area (Å²) >= 11 is 0.925. The Bertz CT molecular complexity index is 366. The molecule has 16 heavy (non-hydrogen) atoms. The van der Waals surface area contributed by atoms with Crippen LogP contribution in [0.3, 0.4) is 0 Å². The summed E-state index contributed by atoms with van der Waals surface area (Å²) < 4.78 is 2.39. The lowest BCUT2D eigenvalue weighted by atomic mass is 10.2. The number of hydrogen-bond acceptors (Lipinski definition) is 4. The SMILES string of the molecule is CC(C)(CNC(=O)c1ccccc1)SN=O. The summed E-state index contributed by atoms with van der Waals surface area (Å²) in [7, 11) is 0. The molecule has 0 saturated carbocycles. The van der Waals surface area contributed by atoms with Crippen molar-refractivity contribution in [1.82, 2.24) is 5.32 Å². The van der Waals surface area contributed by atoms with Crippen LogP contribution in [0, 0.1) is 4.91 Å². The van der Waals surface area contributed by atoms with Gasteiger partial charge < -0.3 is 5.32 Å². The van der Waals surface area contributed by atoms with Gasteiger partial charge in [-0.05, 0) is 26.0 Å². The lowest BCUT2D eigenvalue weighted by molar-refractivity contribution is 0.0951. The Labute approximate surface area is 98.9 Å².